The summed E-state index contributed by atoms with van der Waals surface area (Å²) >= 11 is 3.77. The largest absolute Gasteiger partial charge is 0.456 e. The van der Waals surface area contributed by atoms with Gasteiger partial charge in [0.15, 0.2) is 5.84 Å². The van der Waals surface area contributed by atoms with E-state index in [-0.39, 0.29) is 12.0 Å². The van der Waals surface area contributed by atoms with Gasteiger partial charge in [-0.05, 0) is 159 Å². The van der Waals surface area contributed by atoms with Gasteiger partial charge in [-0.15, -0.1) is 22.7 Å². The number of hydrogen-bond donors (Lipinski definition) is 0. The third-order valence-corrected chi connectivity index (χ3v) is 20.0. The minimum atomic E-state index is -0.0840. The summed E-state index contributed by atoms with van der Waals surface area (Å²) in [5.74, 6) is 1.36. The zero-order valence-corrected chi connectivity index (χ0v) is 47.5. The van der Waals surface area contributed by atoms with Crippen LogP contribution in [-0.2, 0) is 6.42 Å². The number of aryl methyl sites for hydroxylation is 1. The Morgan fingerprint density at radius 3 is 2.13 bits per heavy atom. The van der Waals surface area contributed by atoms with Gasteiger partial charge < -0.3 is 8.83 Å². The van der Waals surface area contributed by atoms with Crippen LogP contribution in [-0.4, -0.2) is 11.5 Å². The van der Waals surface area contributed by atoms with Crippen LogP contribution in [0.25, 0.3) is 114 Å². The van der Waals surface area contributed by atoms with Gasteiger partial charge in [-0.25, -0.2) is 4.99 Å². The first kappa shape index (κ1) is 48.9. The van der Waals surface area contributed by atoms with Gasteiger partial charge in [0, 0.05) is 74.1 Å². The number of hydrogen-bond acceptors (Lipinski definition) is 5. The number of nitrogens with zero attached hydrogens (tertiary/aromatic N) is 2. The van der Waals surface area contributed by atoms with E-state index in [9.17, 15) is 0 Å². The van der Waals surface area contributed by atoms with Crippen molar-refractivity contribution in [2.24, 2.45) is 9.98 Å². The van der Waals surface area contributed by atoms with E-state index in [2.05, 4.69) is 239 Å². The fourth-order valence-electron chi connectivity index (χ4n) is 13.7. The highest BCUT2D eigenvalue weighted by molar-refractivity contribution is 7.25. The molecule has 0 spiro atoms. The first-order valence-electron chi connectivity index (χ1n) is 28.9. The Balaban J connectivity index is 0.809. The molecular formula is C76H56N2O2S2. The Hall–Kier alpha value is -8.94. The summed E-state index contributed by atoms with van der Waals surface area (Å²) in [6.07, 6.45) is 8.67. The van der Waals surface area contributed by atoms with E-state index >= 15 is 0 Å². The maximum absolute atomic E-state index is 6.72. The normalized spacial score (nSPS) is 15.8. The van der Waals surface area contributed by atoms with E-state index in [1.54, 1.807) is 0 Å². The van der Waals surface area contributed by atoms with Crippen LogP contribution in [0.1, 0.15) is 102 Å². The summed E-state index contributed by atoms with van der Waals surface area (Å²) in [4.78, 5) is 12.8. The maximum atomic E-state index is 6.72. The lowest BCUT2D eigenvalue weighted by molar-refractivity contribution is 0.641. The SMILES string of the molecule is CCCC(/N=C(\N=C(/C)c1cccc2oc3ccc(-c4cccc5oc6ccc(-c7ccc8c(c7)-c7ccccc7C(C)C8c7ccccc7)cc6c45)cc3c12)c1ccc2c3c(sc2c1)CCC=C3)c1ccc2c(c1)sc1ccccc12. The third-order valence-electron chi connectivity index (χ3n) is 17.6. The fourth-order valence-corrected chi connectivity index (χ4v) is 16.1. The summed E-state index contributed by atoms with van der Waals surface area (Å²) in [7, 11) is 0. The minimum Gasteiger partial charge on any atom is -0.456 e. The molecule has 0 radical (unpaired) electrons. The van der Waals surface area contributed by atoms with E-state index < -0.39 is 0 Å². The van der Waals surface area contributed by atoms with Crippen molar-refractivity contribution in [2.45, 2.75) is 64.3 Å². The van der Waals surface area contributed by atoms with E-state index in [0.717, 1.165) is 109 Å². The predicted molar refractivity (Wildman–Crippen MR) is 349 cm³/mol. The van der Waals surface area contributed by atoms with Crippen LogP contribution in [0, 0.1) is 0 Å². The number of rotatable bonds is 9. The molecule has 0 saturated carbocycles. The minimum absolute atomic E-state index is 0.0840. The van der Waals surface area contributed by atoms with Gasteiger partial charge in [-0.1, -0.05) is 178 Å². The molecular weight excluding hydrogens is 1040 g/mol. The Morgan fingerprint density at radius 2 is 1.26 bits per heavy atom. The number of allylic oxidation sites excluding steroid dienone is 1. The van der Waals surface area contributed by atoms with Crippen LogP contribution in [0.15, 0.2) is 231 Å². The van der Waals surface area contributed by atoms with E-state index in [4.69, 9.17) is 18.8 Å². The molecule has 6 heteroatoms. The fraction of sp³-hybridized carbons (Fsp3) is 0.132. The van der Waals surface area contributed by atoms with Crippen molar-refractivity contribution in [1.29, 1.82) is 0 Å². The monoisotopic (exact) mass is 1090 g/mol. The Morgan fingerprint density at radius 1 is 0.549 bits per heavy atom. The highest BCUT2D eigenvalue weighted by Crippen LogP contribution is 2.51. The molecule has 0 amide bonds. The highest BCUT2D eigenvalue weighted by Gasteiger charge is 2.32. The van der Waals surface area contributed by atoms with Crippen LogP contribution >= 0.6 is 22.7 Å². The summed E-state index contributed by atoms with van der Waals surface area (Å²) in [5.41, 5.74) is 20.2. The average Bonchev–Trinajstić information content (AvgIpc) is 4.16. The summed E-state index contributed by atoms with van der Waals surface area (Å²) < 4.78 is 17.3. The molecule has 0 bridgehead atoms. The molecule has 3 unspecified atom stereocenters. The van der Waals surface area contributed by atoms with Crippen LogP contribution < -0.4 is 0 Å². The second kappa shape index (κ2) is 19.7. The van der Waals surface area contributed by atoms with Crippen molar-refractivity contribution < 1.29 is 8.83 Å². The smallest absolute Gasteiger partial charge is 0.155 e. The number of fused-ring (bicyclic) bond motifs is 15. The first-order valence-corrected chi connectivity index (χ1v) is 30.5. The van der Waals surface area contributed by atoms with E-state index in [1.165, 1.54) is 79.6 Å². The molecule has 0 aliphatic heterocycles. The zero-order chi connectivity index (χ0) is 54.6. The molecule has 4 aromatic heterocycles. The number of amidine groups is 1. The molecule has 10 aromatic carbocycles. The van der Waals surface area contributed by atoms with Gasteiger partial charge in [-0.2, -0.15) is 0 Å². The molecule has 0 N–H and O–H groups in total. The summed E-state index contributed by atoms with van der Waals surface area (Å²) in [6, 6.07) is 75.7. The van der Waals surface area contributed by atoms with Gasteiger partial charge in [-0.3, -0.25) is 4.99 Å². The van der Waals surface area contributed by atoms with Gasteiger partial charge >= 0.3 is 0 Å². The van der Waals surface area contributed by atoms with Gasteiger partial charge in [0.1, 0.15) is 22.3 Å². The predicted octanol–water partition coefficient (Wildman–Crippen LogP) is 22.1. The van der Waals surface area contributed by atoms with Gasteiger partial charge in [0.2, 0.25) is 0 Å². The van der Waals surface area contributed by atoms with Crippen LogP contribution in [0.3, 0.4) is 0 Å². The van der Waals surface area contributed by atoms with Crippen molar-refractivity contribution >= 4 is 114 Å². The van der Waals surface area contributed by atoms with Crippen molar-refractivity contribution in [3.63, 3.8) is 0 Å². The molecule has 3 atom stereocenters. The lowest BCUT2D eigenvalue weighted by Gasteiger charge is -2.34. The standard InChI is InChI=1S/C76H56N2O2S2/c1-4-16-64(50-30-34-58-56-21-10-12-27-69(56)81-71(58)42-50)78-76(51-31-35-59-57-22-11-13-28-70(57)82-72(59)43-51)77-45(3)53-23-14-25-67-74(53)63-41-49(33-38-66(63)79-67)54-24-15-26-68-75(54)62-40-48(32-37-65(62)80-68)47-29-36-60-61(39-47)55-20-9-8-19-52(55)44(2)73(60)46-17-6-5-7-18-46/h5-12,14-15,17-27,29-44,64,73H,4,13,16,28H2,1-3H3/b77-45+,78-76-. The Labute approximate surface area is 484 Å². The van der Waals surface area contributed by atoms with Crippen molar-refractivity contribution in [3.8, 4) is 33.4 Å². The summed E-state index contributed by atoms with van der Waals surface area (Å²) in [5, 5.41) is 8.18. The Bertz CT molecular complexity index is 5000. The van der Waals surface area contributed by atoms with Gasteiger partial charge in [0.25, 0.3) is 0 Å². The molecule has 2 aliphatic carbocycles. The topological polar surface area (TPSA) is 51.0 Å². The molecule has 0 saturated heterocycles. The summed E-state index contributed by atoms with van der Waals surface area (Å²) in [6.45, 7) is 6.77. The second-order valence-electron chi connectivity index (χ2n) is 22.4. The lowest BCUT2D eigenvalue weighted by atomic mass is 9.69. The van der Waals surface area contributed by atoms with Crippen molar-refractivity contribution in [2.75, 3.05) is 0 Å². The molecule has 4 heterocycles. The van der Waals surface area contributed by atoms with Crippen LogP contribution in [0.2, 0.25) is 0 Å². The molecule has 394 valence electrons. The Kier molecular flexibility index (Phi) is 11.7. The number of furan rings is 2. The molecule has 16 rings (SSSR count). The molecule has 14 aromatic rings. The second-order valence-corrected chi connectivity index (χ2v) is 24.7. The number of benzene rings is 10. The molecule has 82 heavy (non-hydrogen) atoms. The van der Waals surface area contributed by atoms with Crippen molar-refractivity contribution in [3.05, 3.63) is 256 Å². The van der Waals surface area contributed by atoms with Crippen LogP contribution in [0.5, 0.6) is 0 Å². The lowest BCUT2D eigenvalue weighted by Crippen LogP contribution is -2.17. The maximum Gasteiger partial charge on any atom is 0.155 e. The van der Waals surface area contributed by atoms with Crippen LogP contribution in [0.4, 0.5) is 0 Å². The first-order chi connectivity index (χ1) is 40.4. The van der Waals surface area contributed by atoms with Gasteiger partial charge in [0.05, 0.1) is 6.04 Å². The van der Waals surface area contributed by atoms with Crippen molar-refractivity contribution in [1.82, 2.24) is 0 Å². The quantitative estimate of drug-likeness (QED) is 0.107. The van der Waals surface area contributed by atoms with E-state index in [1.807, 2.05) is 22.7 Å². The number of aliphatic imine (C=N–C) groups is 2. The number of thiophene rings is 2. The average molecular weight is 1090 g/mol. The molecule has 0 fully saturated rings. The zero-order valence-electron chi connectivity index (χ0n) is 45.9. The highest BCUT2D eigenvalue weighted by atomic mass is 32.1. The molecule has 2 aliphatic rings. The van der Waals surface area contributed by atoms with E-state index in [0.29, 0.717) is 5.92 Å². The third kappa shape index (κ3) is 8.06. The molecule has 4 nitrogen and oxygen atoms in total.